The first-order valence-electron chi connectivity index (χ1n) is 5.12. The number of hydrogen-bond donors (Lipinski definition) is 3. The lowest BCUT2D eigenvalue weighted by Crippen LogP contribution is -2.24. The van der Waals surface area contributed by atoms with E-state index in [0.717, 1.165) is 0 Å². The largest absolute Gasteiger partial charge is 0.493 e. The molecule has 2 rings (SSSR count). The molecule has 0 radical (unpaired) electrons. The fraction of sp³-hybridized carbons (Fsp3) is 0.300. The van der Waals surface area contributed by atoms with Gasteiger partial charge in [-0.2, -0.15) is 4.40 Å². The molecule has 17 heavy (non-hydrogen) atoms. The summed E-state index contributed by atoms with van der Waals surface area (Å²) in [4.78, 5) is 0. The molecule has 1 heterocycles. The van der Waals surface area contributed by atoms with Crippen LogP contribution in [0.2, 0.25) is 0 Å². The van der Waals surface area contributed by atoms with Crippen molar-refractivity contribution in [3.63, 3.8) is 0 Å². The van der Waals surface area contributed by atoms with Crippen molar-refractivity contribution in [1.29, 1.82) is 0 Å². The predicted octanol–water partition coefficient (Wildman–Crippen LogP) is 0.157. The number of nitrogens with one attached hydrogen (secondary N) is 1. The molecule has 0 amide bonds. The van der Waals surface area contributed by atoms with Crippen LogP contribution >= 0.6 is 0 Å². The van der Waals surface area contributed by atoms with Gasteiger partial charge in [-0.25, -0.2) is 4.21 Å². The minimum absolute atomic E-state index is 0.0703. The molecule has 1 aromatic rings. The molecule has 0 bridgehead atoms. The van der Waals surface area contributed by atoms with Crippen molar-refractivity contribution < 1.29 is 14.1 Å². The molecule has 1 atom stereocenters. The Hall–Kier alpha value is -1.60. The van der Waals surface area contributed by atoms with Gasteiger partial charge in [0.1, 0.15) is 11.6 Å². The zero-order valence-corrected chi connectivity index (χ0v) is 9.87. The Balaban J connectivity index is 2.28. The van der Waals surface area contributed by atoms with E-state index in [-0.39, 0.29) is 12.4 Å². The van der Waals surface area contributed by atoms with Crippen molar-refractivity contribution >= 4 is 22.7 Å². The second kappa shape index (κ2) is 5.15. The van der Waals surface area contributed by atoms with Crippen molar-refractivity contribution in [2.45, 2.75) is 6.42 Å². The van der Waals surface area contributed by atoms with E-state index in [2.05, 4.69) is 9.12 Å². The van der Waals surface area contributed by atoms with Crippen LogP contribution in [0.1, 0.15) is 12.0 Å². The third-order valence-electron chi connectivity index (χ3n) is 2.22. The first kappa shape index (κ1) is 11.9. The number of hydrogen-bond acceptors (Lipinski definition) is 4. The number of aliphatic hydroxyl groups excluding tert-OH is 1. The summed E-state index contributed by atoms with van der Waals surface area (Å²) >= 11 is -1.53. The molecule has 1 aliphatic rings. The number of anilines is 1. The van der Waals surface area contributed by atoms with Crippen LogP contribution in [-0.4, -0.2) is 28.4 Å². The van der Waals surface area contributed by atoms with Gasteiger partial charge in [0.15, 0.2) is 0 Å². The van der Waals surface area contributed by atoms with Gasteiger partial charge >= 0.3 is 0 Å². The summed E-state index contributed by atoms with van der Waals surface area (Å²) in [6, 6.07) is 5.29. The highest BCUT2D eigenvalue weighted by Gasteiger charge is 2.19. The number of ether oxygens (including phenoxy) is 1. The molecule has 0 aliphatic carbocycles. The molecule has 7 heteroatoms. The lowest BCUT2D eigenvalue weighted by atomic mass is 10.1. The summed E-state index contributed by atoms with van der Waals surface area (Å²) in [5.41, 5.74) is 6.98. The SMILES string of the molecule is NC1=NS(=O)Nc2cccc(OCCCO)c21. The molecule has 92 valence electrons. The van der Waals surface area contributed by atoms with Gasteiger partial charge in [0.05, 0.1) is 17.9 Å². The molecule has 0 aromatic heterocycles. The smallest absolute Gasteiger partial charge is 0.245 e. The van der Waals surface area contributed by atoms with E-state index < -0.39 is 11.2 Å². The van der Waals surface area contributed by atoms with Crippen LogP contribution in [0.15, 0.2) is 22.6 Å². The monoisotopic (exact) mass is 255 g/mol. The second-order valence-electron chi connectivity index (χ2n) is 3.43. The minimum atomic E-state index is -1.53. The van der Waals surface area contributed by atoms with Gasteiger partial charge < -0.3 is 15.6 Å². The quantitative estimate of drug-likeness (QED) is 0.667. The van der Waals surface area contributed by atoms with Crippen LogP contribution in [0.5, 0.6) is 5.75 Å². The zero-order chi connectivity index (χ0) is 12.3. The molecular formula is C10H13N3O3S. The third-order valence-corrected chi connectivity index (χ3v) is 2.98. The number of nitrogens with zero attached hydrogens (tertiary/aromatic N) is 1. The fourth-order valence-electron chi connectivity index (χ4n) is 1.50. The number of nitrogens with two attached hydrogens (primary N) is 1. The van der Waals surface area contributed by atoms with E-state index in [1.807, 2.05) is 0 Å². The second-order valence-corrected chi connectivity index (χ2v) is 4.32. The Morgan fingerprint density at radius 1 is 1.53 bits per heavy atom. The van der Waals surface area contributed by atoms with Crippen molar-refractivity contribution in [3.05, 3.63) is 23.8 Å². The van der Waals surface area contributed by atoms with Crippen LogP contribution in [-0.2, 0) is 11.2 Å². The van der Waals surface area contributed by atoms with Gasteiger partial charge in [0.25, 0.3) is 0 Å². The highest BCUT2D eigenvalue weighted by atomic mass is 32.2. The van der Waals surface area contributed by atoms with Gasteiger partial charge in [-0.05, 0) is 12.1 Å². The number of aliphatic hydroxyl groups is 1. The zero-order valence-electron chi connectivity index (χ0n) is 9.05. The molecule has 1 aliphatic heterocycles. The maximum absolute atomic E-state index is 11.3. The Kier molecular flexibility index (Phi) is 3.60. The van der Waals surface area contributed by atoms with Crippen LogP contribution in [0.25, 0.3) is 0 Å². The van der Waals surface area contributed by atoms with Gasteiger partial charge in [0.2, 0.25) is 11.2 Å². The van der Waals surface area contributed by atoms with Crippen LogP contribution in [0.4, 0.5) is 5.69 Å². The van der Waals surface area contributed by atoms with E-state index in [0.29, 0.717) is 30.0 Å². The van der Waals surface area contributed by atoms with Crippen molar-refractivity contribution in [2.24, 2.45) is 10.1 Å². The van der Waals surface area contributed by atoms with Crippen LogP contribution in [0, 0.1) is 0 Å². The Bertz CT molecular complexity index is 476. The summed E-state index contributed by atoms with van der Waals surface area (Å²) in [7, 11) is 0. The molecule has 4 N–H and O–H groups in total. The summed E-state index contributed by atoms with van der Waals surface area (Å²) in [6.45, 7) is 0.462. The highest BCUT2D eigenvalue weighted by molar-refractivity contribution is 7.85. The predicted molar refractivity (Wildman–Crippen MR) is 66.1 cm³/mol. The van der Waals surface area contributed by atoms with Crippen molar-refractivity contribution in [3.8, 4) is 5.75 Å². The molecule has 0 saturated heterocycles. The molecule has 0 saturated carbocycles. The summed E-state index contributed by atoms with van der Waals surface area (Å²) in [6.07, 6.45) is 0.542. The highest BCUT2D eigenvalue weighted by Crippen LogP contribution is 2.29. The van der Waals surface area contributed by atoms with E-state index in [9.17, 15) is 4.21 Å². The number of rotatable bonds is 4. The lowest BCUT2D eigenvalue weighted by Gasteiger charge is -2.18. The van der Waals surface area contributed by atoms with E-state index in [1.54, 1.807) is 18.2 Å². The molecule has 0 spiro atoms. The van der Waals surface area contributed by atoms with E-state index in [4.69, 9.17) is 15.6 Å². The van der Waals surface area contributed by atoms with Crippen molar-refractivity contribution in [1.82, 2.24) is 0 Å². The normalized spacial score (nSPS) is 17.9. The third kappa shape index (κ3) is 2.56. The molecule has 0 fully saturated rings. The van der Waals surface area contributed by atoms with Gasteiger partial charge in [-0.15, -0.1) is 0 Å². The number of amidine groups is 1. The minimum Gasteiger partial charge on any atom is -0.493 e. The molecule has 1 unspecified atom stereocenters. The van der Waals surface area contributed by atoms with Gasteiger partial charge in [0, 0.05) is 13.0 Å². The average molecular weight is 255 g/mol. The summed E-state index contributed by atoms with van der Waals surface area (Å²) in [5.74, 6) is 0.762. The Morgan fingerprint density at radius 2 is 2.35 bits per heavy atom. The topological polar surface area (TPSA) is 96.9 Å². The average Bonchev–Trinajstić information content (AvgIpc) is 2.28. The lowest BCUT2D eigenvalue weighted by molar-refractivity contribution is 0.233. The first-order valence-corrected chi connectivity index (χ1v) is 6.23. The van der Waals surface area contributed by atoms with Gasteiger partial charge in [-0.1, -0.05) is 6.07 Å². The molecule has 6 nitrogen and oxygen atoms in total. The number of fused-ring (bicyclic) bond motifs is 1. The van der Waals surface area contributed by atoms with E-state index in [1.165, 1.54) is 0 Å². The van der Waals surface area contributed by atoms with Crippen molar-refractivity contribution in [2.75, 3.05) is 17.9 Å². The maximum Gasteiger partial charge on any atom is 0.245 e. The fourth-order valence-corrected chi connectivity index (χ4v) is 2.17. The summed E-state index contributed by atoms with van der Waals surface area (Å²) < 4.78 is 23.2. The number of benzene rings is 1. The Morgan fingerprint density at radius 3 is 3.12 bits per heavy atom. The maximum atomic E-state index is 11.3. The molecular weight excluding hydrogens is 242 g/mol. The standard InChI is InChI=1S/C10H13N3O3S/c11-10-9-7(12-17(15)13-10)3-1-4-8(9)16-6-2-5-14/h1,3-4,12,14H,2,5-6H2,(H2,11,13). The Labute approximate surface area is 101 Å². The van der Waals surface area contributed by atoms with Crippen LogP contribution in [0.3, 0.4) is 0 Å². The first-order chi connectivity index (χ1) is 8.22. The van der Waals surface area contributed by atoms with Gasteiger partial charge in [-0.3, -0.25) is 4.72 Å². The van der Waals surface area contributed by atoms with Crippen LogP contribution < -0.4 is 15.2 Å². The molecule has 1 aromatic carbocycles. The van der Waals surface area contributed by atoms with E-state index >= 15 is 0 Å². The summed E-state index contributed by atoms with van der Waals surface area (Å²) in [5, 5.41) is 8.69.